The maximum absolute atomic E-state index is 12.0. The Morgan fingerprint density at radius 3 is 2.95 bits per heavy atom. The van der Waals surface area contributed by atoms with Crippen LogP contribution in [0.15, 0.2) is 24.5 Å². The van der Waals surface area contributed by atoms with E-state index >= 15 is 0 Å². The van der Waals surface area contributed by atoms with Crippen molar-refractivity contribution in [3.8, 4) is 10.6 Å². The van der Waals surface area contributed by atoms with E-state index in [0.717, 1.165) is 28.5 Å². The van der Waals surface area contributed by atoms with Gasteiger partial charge in [0.1, 0.15) is 5.01 Å². The molecular formula is C15H17ClN3OS2+. The third-order valence-corrected chi connectivity index (χ3v) is 6.36. The molecule has 0 bridgehead atoms. The average Bonchev–Trinajstić information content (AvgIpc) is 3.01. The molecule has 1 saturated heterocycles. The van der Waals surface area contributed by atoms with Crippen molar-refractivity contribution < 1.29 is 4.79 Å². The van der Waals surface area contributed by atoms with Crippen LogP contribution in [-0.4, -0.2) is 34.7 Å². The molecule has 0 amide bonds. The van der Waals surface area contributed by atoms with Crippen LogP contribution in [0.1, 0.15) is 13.3 Å². The van der Waals surface area contributed by atoms with E-state index in [1.54, 1.807) is 12.4 Å². The summed E-state index contributed by atoms with van der Waals surface area (Å²) >= 11 is 12.0. The summed E-state index contributed by atoms with van der Waals surface area (Å²) in [6, 6.07) is 3.65. The molecule has 1 aliphatic heterocycles. The fourth-order valence-electron chi connectivity index (χ4n) is 3.27. The van der Waals surface area contributed by atoms with Gasteiger partial charge in [-0.05, 0) is 12.1 Å². The quantitative estimate of drug-likeness (QED) is 0.675. The van der Waals surface area contributed by atoms with Crippen molar-refractivity contribution in [3.63, 3.8) is 0 Å². The number of hydrogen-bond donors (Lipinski definition) is 1. The molecule has 22 heavy (non-hydrogen) atoms. The topological polar surface area (TPSA) is 42.9 Å². The van der Waals surface area contributed by atoms with Gasteiger partial charge in [0.15, 0.2) is 6.04 Å². The van der Waals surface area contributed by atoms with E-state index in [-0.39, 0.29) is 17.1 Å². The van der Waals surface area contributed by atoms with Crippen LogP contribution in [0.2, 0.25) is 5.15 Å². The second-order valence-electron chi connectivity index (χ2n) is 5.90. The molecule has 0 N–H and O–H groups in total. The average molecular weight is 355 g/mol. The SMILES string of the molecule is CC1CC[N+](C)(c2sc(-c3cccnc3)nc2Cl)[C@@H]1C(=O)S. The number of likely N-dealkylation sites (N-methyl/N-ethyl adjacent to an activating group) is 1. The number of hydrogen-bond acceptors (Lipinski definition) is 4. The van der Waals surface area contributed by atoms with Gasteiger partial charge in [-0.3, -0.25) is 14.3 Å². The third kappa shape index (κ3) is 2.58. The van der Waals surface area contributed by atoms with Crippen molar-refractivity contribution in [1.29, 1.82) is 0 Å². The zero-order chi connectivity index (χ0) is 15.9. The highest BCUT2D eigenvalue weighted by atomic mass is 35.5. The van der Waals surface area contributed by atoms with E-state index < -0.39 is 0 Å². The lowest BCUT2D eigenvalue weighted by Crippen LogP contribution is -2.53. The van der Waals surface area contributed by atoms with Gasteiger partial charge in [0.05, 0.1) is 13.6 Å². The van der Waals surface area contributed by atoms with E-state index in [2.05, 4.69) is 36.6 Å². The van der Waals surface area contributed by atoms with Crippen molar-refractivity contribution >= 4 is 45.7 Å². The summed E-state index contributed by atoms with van der Waals surface area (Å²) in [7, 11) is 2.05. The number of quaternary nitrogens is 1. The maximum atomic E-state index is 12.0. The van der Waals surface area contributed by atoms with Crippen LogP contribution in [0.25, 0.3) is 10.6 Å². The van der Waals surface area contributed by atoms with E-state index in [4.69, 9.17) is 11.6 Å². The molecule has 4 nitrogen and oxygen atoms in total. The molecule has 0 aliphatic carbocycles. The molecule has 7 heteroatoms. The van der Waals surface area contributed by atoms with Crippen LogP contribution in [0.5, 0.6) is 0 Å². The summed E-state index contributed by atoms with van der Waals surface area (Å²) < 4.78 is 0.486. The molecule has 3 heterocycles. The van der Waals surface area contributed by atoms with Gasteiger partial charge in [-0.1, -0.05) is 42.5 Å². The predicted octanol–water partition coefficient (Wildman–Crippen LogP) is 3.66. The summed E-state index contributed by atoms with van der Waals surface area (Å²) in [5.74, 6) is 0.287. The van der Waals surface area contributed by atoms with Gasteiger partial charge in [-0.15, -0.1) is 0 Å². The smallest absolute Gasteiger partial charge is 0.244 e. The standard InChI is InChI=1S/C15H16ClN3OS2/c1-9-5-7-19(2,11(9)15(20)21)14-12(16)18-13(22-14)10-4-3-6-17-8-10/h3-4,6,8-9,11H,5,7H2,1-2H3/p+1/t9?,11-,19?/m0/s1. The summed E-state index contributed by atoms with van der Waals surface area (Å²) in [6.07, 6.45) is 4.47. The number of rotatable bonds is 3. The van der Waals surface area contributed by atoms with Crippen molar-refractivity contribution in [2.24, 2.45) is 5.92 Å². The molecule has 0 spiro atoms. The van der Waals surface area contributed by atoms with Crippen LogP contribution < -0.4 is 4.48 Å². The molecule has 116 valence electrons. The first-order valence-corrected chi connectivity index (χ1v) is 8.73. The Labute approximate surface area is 144 Å². The fraction of sp³-hybridized carbons (Fsp3) is 0.400. The summed E-state index contributed by atoms with van der Waals surface area (Å²) in [4.78, 5) is 20.6. The summed E-state index contributed by atoms with van der Waals surface area (Å²) in [5, 5.41) is 2.15. The number of thiazole rings is 1. The lowest BCUT2D eigenvalue weighted by Gasteiger charge is -2.33. The Morgan fingerprint density at radius 2 is 2.32 bits per heavy atom. The number of halogens is 1. The first-order chi connectivity index (χ1) is 10.4. The lowest BCUT2D eigenvalue weighted by atomic mass is 10.0. The predicted molar refractivity (Wildman–Crippen MR) is 94.5 cm³/mol. The number of thiol groups is 1. The highest BCUT2D eigenvalue weighted by Crippen LogP contribution is 2.46. The van der Waals surface area contributed by atoms with Crippen molar-refractivity contribution in [3.05, 3.63) is 29.7 Å². The molecule has 0 saturated carbocycles. The Bertz CT molecular complexity index is 706. The van der Waals surface area contributed by atoms with Gasteiger partial charge in [-0.2, -0.15) is 0 Å². The van der Waals surface area contributed by atoms with E-state index in [1.807, 2.05) is 12.1 Å². The fourth-order valence-corrected chi connectivity index (χ4v) is 5.32. The third-order valence-electron chi connectivity index (χ3n) is 4.40. The number of carbonyl (C=O) groups excluding carboxylic acids is 1. The van der Waals surface area contributed by atoms with Gasteiger partial charge in [-0.25, -0.2) is 4.98 Å². The highest BCUT2D eigenvalue weighted by Gasteiger charge is 2.50. The molecule has 1 fully saturated rings. The minimum absolute atomic E-state index is 0.0834. The monoisotopic (exact) mass is 354 g/mol. The van der Waals surface area contributed by atoms with E-state index in [1.165, 1.54) is 11.3 Å². The largest absolute Gasteiger partial charge is 0.281 e. The summed E-state index contributed by atoms with van der Waals surface area (Å²) in [5.41, 5.74) is 0.938. The lowest BCUT2D eigenvalue weighted by molar-refractivity contribution is -0.114. The zero-order valence-corrected chi connectivity index (χ0v) is 14.8. The van der Waals surface area contributed by atoms with Crippen molar-refractivity contribution in [2.45, 2.75) is 19.4 Å². The number of carbonyl (C=O) groups is 1. The molecule has 1 aliphatic rings. The van der Waals surface area contributed by atoms with Crippen LogP contribution in [0, 0.1) is 5.92 Å². The molecule has 3 atom stereocenters. The minimum atomic E-state index is -0.178. The first kappa shape index (κ1) is 15.9. The number of nitrogens with zero attached hydrogens (tertiary/aromatic N) is 3. The van der Waals surface area contributed by atoms with Crippen molar-refractivity contribution in [1.82, 2.24) is 14.5 Å². The van der Waals surface area contributed by atoms with Gasteiger partial charge in [0, 0.05) is 30.3 Å². The number of pyridine rings is 1. The number of likely N-dealkylation sites (tertiary alicyclic amines) is 1. The van der Waals surface area contributed by atoms with Gasteiger partial charge >= 0.3 is 0 Å². The Morgan fingerprint density at radius 1 is 1.55 bits per heavy atom. The van der Waals surface area contributed by atoms with Crippen molar-refractivity contribution in [2.75, 3.05) is 13.6 Å². The van der Waals surface area contributed by atoms with Crippen LogP contribution >= 0.6 is 35.6 Å². The maximum Gasteiger partial charge on any atom is 0.244 e. The van der Waals surface area contributed by atoms with Gasteiger partial charge < -0.3 is 0 Å². The second kappa shape index (κ2) is 5.92. The minimum Gasteiger partial charge on any atom is -0.281 e. The summed E-state index contributed by atoms with van der Waals surface area (Å²) in [6.45, 7) is 2.96. The highest BCUT2D eigenvalue weighted by molar-refractivity contribution is 7.96. The first-order valence-electron chi connectivity index (χ1n) is 7.09. The van der Waals surface area contributed by atoms with Gasteiger partial charge in [0.2, 0.25) is 15.3 Å². The zero-order valence-electron chi connectivity index (χ0n) is 12.4. The van der Waals surface area contributed by atoms with Crippen LogP contribution in [0.4, 0.5) is 5.00 Å². The Hall–Kier alpha value is -0.950. The molecule has 0 radical (unpaired) electrons. The molecule has 2 aromatic heterocycles. The molecule has 0 aromatic carbocycles. The van der Waals surface area contributed by atoms with Crippen LogP contribution in [-0.2, 0) is 4.79 Å². The second-order valence-corrected chi connectivity index (χ2v) is 7.67. The Balaban J connectivity index is 2.05. The van der Waals surface area contributed by atoms with E-state index in [0.29, 0.717) is 9.64 Å². The van der Waals surface area contributed by atoms with Gasteiger partial charge in [0.25, 0.3) is 0 Å². The van der Waals surface area contributed by atoms with E-state index in [9.17, 15) is 4.79 Å². The Kier molecular flexibility index (Phi) is 4.29. The van der Waals surface area contributed by atoms with Crippen LogP contribution in [0.3, 0.4) is 0 Å². The normalized spacial score (nSPS) is 28.0. The molecule has 3 rings (SSSR count). The molecule has 2 unspecified atom stereocenters. The molecule has 2 aromatic rings. The number of aromatic nitrogens is 2. The molecular weight excluding hydrogens is 338 g/mol.